The topological polar surface area (TPSA) is 147 Å². The van der Waals surface area contributed by atoms with Crippen molar-refractivity contribution in [3.63, 3.8) is 0 Å². The van der Waals surface area contributed by atoms with Gasteiger partial charge in [-0.3, -0.25) is 4.72 Å². The SMILES string of the molecule is COc1ccc(Cl)c(Oc2c(NS(=O)(=O)c3ccc(C(C)C)cn3)cc(C(=O)[O-])cc2OCCO)c1. The average molecular weight is 536 g/mol. The van der Waals surface area contributed by atoms with Gasteiger partial charge in [-0.1, -0.05) is 31.5 Å². The number of hydrogen-bond acceptors (Lipinski definition) is 9. The second kappa shape index (κ2) is 11.5. The maximum absolute atomic E-state index is 13.1. The van der Waals surface area contributed by atoms with Crippen LogP contribution in [0.25, 0.3) is 0 Å². The number of carboxylic acids is 1. The first-order valence-corrected chi connectivity index (χ1v) is 12.5. The number of halogens is 1. The summed E-state index contributed by atoms with van der Waals surface area (Å²) < 4.78 is 45.1. The molecule has 0 unspecified atom stereocenters. The summed E-state index contributed by atoms with van der Waals surface area (Å²) >= 11 is 6.25. The number of aliphatic hydroxyl groups excluding tert-OH is 1. The lowest BCUT2D eigenvalue weighted by molar-refractivity contribution is -0.255. The van der Waals surface area contributed by atoms with Crippen LogP contribution in [0.1, 0.15) is 35.7 Å². The molecular weight excluding hydrogens is 512 g/mol. The molecule has 2 N–H and O–H groups in total. The number of benzene rings is 2. The zero-order valence-corrected chi connectivity index (χ0v) is 21.2. The number of rotatable bonds is 11. The van der Waals surface area contributed by atoms with E-state index in [1.54, 1.807) is 12.1 Å². The van der Waals surface area contributed by atoms with Gasteiger partial charge in [0.2, 0.25) is 0 Å². The van der Waals surface area contributed by atoms with E-state index in [1.165, 1.54) is 31.5 Å². The van der Waals surface area contributed by atoms with Crippen LogP contribution in [-0.2, 0) is 10.0 Å². The van der Waals surface area contributed by atoms with E-state index in [-0.39, 0.29) is 45.5 Å². The van der Waals surface area contributed by atoms with Crippen molar-refractivity contribution in [2.45, 2.75) is 24.8 Å². The molecule has 36 heavy (non-hydrogen) atoms. The third-order valence-electron chi connectivity index (χ3n) is 4.94. The van der Waals surface area contributed by atoms with E-state index in [0.29, 0.717) is 5.75 Å². The Bertz CT molecular complexity index is 1340. The molecule has 0 aliphatic heterocycles. The standard InChI is InChI=1S/C24H25ClN2O8S/c1-14(2)15-4-7-22(26-13-15)36(31,32)27-19-10-16(24(29)30)11-21(34-9-8-28)23(19)35-20-12-17(33-3)5-6-18(20)25/h4-7,10-14,27-28H,8-9H2,1-3H3,(H,29,30)/p-1. The Kier molecular flexibility index (Phi) is 8.62. The molecule has 192 valence electrons. The van der Waals surface area contributed by atoms with Gasteiger partial charge >= 0.3 is 0 Å². The lowest BCUT2D eigenvalue weighted by atomic mass is 10.1. The minimum absolute atomic E-state index is 0.0749. The number of ether oxygens (including phenoxy) is 3. The van der Waals surface area contributed by atoms with E-state index in [9.17, 15) is 23.4 Å². The summed E-state index contributed by atoms with van der Waals surface area (Å²) in [6.07, 6.45) is 1.44. The van der Waals surface area contributed by atoms with Crippen molar-refractivity contribution in [2.24, 2.45) is 0 Å². The van der Waals surface area contributed by atoms with E-state index < -0.39 is 28.2 Å². The van der Waals surface area contributed by atoms with Crippen molar-refractivity contribution in [1.82, 2.24) is 4.98 Å². The van der Waals surface area contributed by atoms with Gasteiger partial charge in [0.1, 0.15) is 18.1 Å². The number of aromatic nitrogens is 1. The number of hydrogen-bond donors (Lipinski definition) is 2. The Balaban J connectivity index is 2.14. The molecule has 3 aromatic rings. The molecule has 0 atom stereocenters. The van der Waals surface area contributed by atoms with Gasteiger partial charge in [0.05, 0.1) is 30.4 Å². The van der Waals surface area contributed by atoms with Crippen LogP contribution in [0, 0.1) is 0 Å². The van der Waals surface area contributed by atoms with Gasteiger partial charge in [-0.15, -0.1) is 0 Å². The van der Waals surface area contributed by atoms with Crippen LogP contribution in [0.5, 0.6) is 23.0 Å². The van der Waals surface area contributed by atoms with Crippen molar-refractivity contribution < 1.29 is 37.6 Å². The van der Waals surface area contributed by atoms with Crippen LogP contribution in [0.2, 0.25) is 5.02 Å². The van der Waals surface area contributed by atoms with Crippen molar-refractivity contribution in [3.05, 3.63) is 64.8 Å². The quantitative estimate of drug-likeness (QED) is 0.377. The molecule has 1 aromatic heterocycles. The highest BCUT2D eigenvalue weighted by Crippen LogP contribution is 2.43. The number of nitrogens with one attached hydrogen (secondary N) is 1. The maximum atomic E-state index is 13.1. The number of aliphatic hydroxyl groups is 1. The molecule has 3 rings (SSSR count). The highest BCUT2D eigenvalue weighted by molar-refractivity contribution is 7.92. The number of nitrogens with zero attached hydrogens (tertiary/aromatic N) is 1. The first-order valence-electron chi connectivity index (χ1n) is 10.7. The first-order chi connectivity index (χ1) is 17.1. The van der Waals surface area contributed by atoms with Gasteiger partial charge < -0.3 is 29.2 Å². The van der Waals surface area contributed by atoms with Crippen LogP contribution in [-0.4, -0.2) is 44.8 Å². The Morgan fingerprint density at radius 3 is 2.50 bits per heavy atom. The highest BCUT2D eigenvalue weighted by atomic mass is 35.5. The fourth-order valence-corrected chi connectivity index (χ4v) is 4.19. The summed E-state index contributed by atoms with van der Waals surface area (Å²) in [6.45, 7) is 3.25. The van der Waals surface area contributed by atoms with Crippen LogP contribution < -0.4 is 24.0 Å². The van der Waals surface area contributed by atoms with E-state index in [4.69, 9.17) is 25.8 Å². The number of carbonyl (C=O) groups is 1. The zero-order chi connectivity index (χ0) is 26.5. The first kappa shape index (κ1) is 27.1. The minimum atomic E-state index is -4.29. The van der Waals surface area contributed by atoms with Gasteiger partial charge in [-0.2, -0.15) is 8.42 Å². The number of carboxylic acid groups (broad SMARTS) is 1. The summed E-state index contributed by atoms with van der Waals surface area (Å²) in [4.78, 5) is 15.7. The molecule has 0 fully saturated rings. The molecule has 0 spiro atoms. The van der Waals surface area contributed by atoms with Crippen LogP contribution >= 0.6 is 11.6 Å². The van der Waals surface area contributed by atoms with E-state index in [2.05, 4.69) is 9.71 Å². The number of anilines is 1. The fraction of sp³-hybridized carbons (Fsp3) is 0.250. The molecule has 0 amide bonds. The molecule has 0 aliphatic rings. The Hall–Kier alpha value is -3.54. The van der Waals surface area contributed by atoms with Gasteiger partial charge in [-0.05, 0) is 41.8 Å². The van der Waals surface area contributed by atoms with Gasteiger partial charge in [0, 0.05) is 17.8 Å². The zero-order valence-electron chi connectivity index (χ0n) is 19.6. The summed E-state index contributed by atoms with van der Waals surface area (Å²) in [5.41, 5.74) is 0.162. The third-order valence-corrected chi connectivity index (χ3v) is 6.53. The molecular formula is C24H24ClN2O8S-. The second-order valence-corrected chi connectivity index (χ2v) is 9.84. The Labute approximate surface area is 213 Å². The molecule has 0 bridgehead atoms. The molecule has 12 heteroatoms. The van der Waals surface area contributed by atoms with Crippen molar-refractivity contribution in [3.8, 4) is 23.0 Å². The number of pyridine rings is 1. The van der Waals surface area contributed by atoms with Crippen LogP contribution in [0.15, 0.2) is 53.7 Å². The lowest BCUT2D eigenvalue weighted by Gasteiger charge is -2.20. The molecule has 0 radical (unpaired) electrons. The van der Waals surface area contributed by atoms with E-state index in [1.807, 2.05) is 13.8 Å². The molecule has 0 saturated carbocycles. The summed E-state index contributed by atoms with van der Waals surface area (Å²) in [6, 6.07) is 9.62. The maximum Gasteiger partial charge on any atom is 0.279 e. The largest absolute Gasteiger partial charge is 0.545 e. The second-order valence-electron chi connectivity index (χ2n) is 7.80. The monoisotopic (exact) mass is 535 g/mol. The van der Waals surface area contributed by atoms with Crippen molar-refractivity contribution in [2.75, 3.05) is 25.0 Å². The van der Waals surface area contributed by atoms with E-state index >= 15 is 0 Å². The van der Waals surface area contributed by atoms with Crippen molar-refractivity contribution in [1.29, 1.82) is 0 Å². The minimum Gasteiger partial charge on any atom is -0.545 e. The van der Waals surface area contributed by atoms with Crippen LogP contribution in [0.4, 0.5) is 5.69 Å². The lowest BCUT2D eigenvalue weighted by Crippen LogP contribution is -2.23. The van der Waals surface area contributed by atoms with Gasteiger partial charge in [0.25, 0.3) is 10.0 Å². The number of sulfonamides is 1. The predicted octanol–water partition coefficient (Wildman–Crippen LogP) is 3.19. The number of carbonyl (C=O) groups excluding carboxylic acids is 1. The third kappa shape index (κ3) is 6.36. The number of methoxy groups -OCH3 is 1. The Morgan fingerprint density at radius 1 is 1.17 bits per heavy atom. The molecule has 10 nitrogen and oxygen atoms in total. The summed E-state index contributed by atoms with van der Waals surface area (Å²) in [5, 5.41) is 20.7. The van der Waals surface area contributed by atoms with Gasteiger partial charge in [0.15, 0.2) is 16.5 Å². The smallest absolute Gasteiger partial charge is 0.279 e. The molecule has 0 saturated heterocycles. The van der Waals surface area contributed by atoms with E-state index in [0.717, 1.165) is 17.7 Å². The average Bonchev–Trinajstić information content (AvgIpc) is 2.84. The van der Waals surface area contributed by atoms with Crippen molar-refractivity contribution >= 4 is 33.3 Å². The Morgan fingerprint density at radius 2 is 1.92 bits per heavy atom. The highest BCUT2D eigenvalue weighted by Gasteiger charge is 2.23. The molecule has 2 aromatic carbocycles. The molecule has 0 aliphatic carbocycles. The fourth-order valence-electron chi connectivity index (χ4n) is 3.05. The summed E-state index contributed by atoms with van der Waals surface area (Å²) in [7, 11) is -2.85. The predicted molar refractivity (Wildman–Crippen MR) is 131 cm³/mol. The van der Waals surface area contributed by atoms with Crippen LogP contribution in [0.3, 0.4) is 0 Å². The molecule has 1 heterocycles. The number of aromatic carboxylic acids is 1. The normalized spacial score (nSPS) is 11.3. The van der Waals surface area contributed by atoms with Gasteiger partial charge in [-0.25, -0.2) is 4.98 Å². The summed E-state index contributed by atoms with van der Waals surface area (Å²) in [5.74, 6) is -1.35.